The van der Waals surface area contributed by atoms with Gasteiger partial charge < -0.3 is 4.74 Å². The van der Waals surface area contributed by atoms with Crippen LogP contribution in [0.3, 0.4) is 0 Å². The maximum absolute atomic E-state index is 13.5. The second-order valence-corrected chi connectivity index (χ2v) is 5.98. The molecule has 0 aliphatic rings. The highest BCUT2D eigenvalue weighted by Crippen LogP contribution is 2.21. The van der Waals surface area contributed by atoms with E-state index in [2.05, 4.69) is 9.46 Å². The van der Waals surface area contributed by atoms with Gasteiger partial charge in [-0.25, -0.2) is 17.5 Å². The van der Waals surface area contributed by atoms with Crippen LogP contribution in [0.15, 0.2) is 53.4 Å². The van der Waals surface area contributed by atoms with Gasteiger partial charge in [0.05, 0.1) is 0 Å². The molecule has 0 saturated heterocycles. The van der Waals surface area contributed by atoms with E-state index in [9.17, 15) is 21.6 Å². The second-order valence-electron chi connectivity index (χ2n) is 4.24. The fourth-order valence-corrected chi connectivity index (χ4v) is 2.86. The van der Waals surface area contributed by atoms with Crippen LogP contribution in [-0.2, 0) is 16.6 Å². The molecule has 2 rings (SSSR count). The number of hydrogen-bond donors (Lipinski definition) is 1. The van der Waals surface area contributed by atoms with Gasteiger partial charge in [-0.3, -0.25) is 0 Å². The molecule has 0 unspecified atom stereocenters. The number of ether oxygens (including phenoxy) is 1. The number of nitrogens with one attached hydrogen (secondary N) is 1. The SMILES string of the molecule is O=S(=O)(NCc1ccccc1OC(F)F)c1ccccc1F. The lowest BCUT2D eigenvalue weighted by Gasteiger charge is -2.12. The molecule has 0 amide bonds. The van der Waals surface area contributed by atoms with Crippen LogP contribution in [0.2, 0.25) is 0 Å². The molecule has 4 nitrogen and oxygen atoms in total. The van der Waals surface area contributed by atoms with Crippen molar-refractivity contribution >= 4 is 10.0 Å². The van der Waals surface area contributed by atoms with Crippen molar-refractivity contribution < 1.29 is 26.3 Å². The van der Waals surface area contributed by atoms with Crippen molar-refractivity contribution in [1.82, 2.24) is 4.72 Å². The monoisotopic (exact) mass is 331 g/mol. The van der Waals surface area contributed by atoms with Crippen LogP contribution in [0, 0.1) is 5.82 Å². The lowest BCUT2D eigenvalue weighted by atomic mass is 10.2. The third-order valence-electron chi connectivity index (χ3n) is 2.77. The molecule has 0 aliphatic carbocycles. The van der Waals surface area contributed by atoms with E-state index < -0.39 is 27.3 Å². The molecule has 0 atom stereocenters. The third-order valence-corrected chi connectivity index (χ3v) is 4.20. The Morgan fingerprint density at radius 2 is 1.68 bits per heavy atom. The highest BCUT2D eigenvalue weighted by molar-refractivity contribution is 7.89. The van der Waals surface area contributed by atoms with Crippen LogP contribution in [0.5, 0.6) is 5.75 Å². The molecular weight excluding hydrogens is 319 g/mol. The highest BCUT2D eigenvalue weighted by Gasteiger charge is 2.19. The standard InChI is InChI=1S/C14H12F3NO3S/c15-11-6-2-4-8-13(11)22(19,20)18-9-10-5-1-3-7-12(10)21-14(16)17/h1-8,14,18H,9H2. The number of hydrogen-bond acceptors (Lipinski definition) is 3. The van der Waals surface area contributed by atoms with E-state index in [0.717, 1.165) is 12.1 Å². The molecule has 1 N–H and O–H groups in total. The molecule has 2 aromatic rings. The molecule has 22 heavy (non-hydrogen) atoms. The molecule has 0 fully saturated rings. The van der Waals surface area contributed by atoms with Crippen LogP contribution in [0.4, 0.5) is 13.2 Å². The van der Waals surface area contributed by atoms with Crippen LogP contribution < -0.4 is 9.46 Å². The number of alkyl halides is 2. The molecule has 118 valence electrons. The molecule has 0 spiro atoms. The zero-order valence-electron chi connectivity index (χ0n) is 11.2. The Labute approximate surface area is 125 Å². The first-order chi connectivity index (χ1) is 10.4. The van der Waals surface area contributed by atoms with Crippen LogP contribution >= 0.6 is 0 Å². The number of para-hydroxylation sites is 1. The summed E-state index contributed by atoms with van der Waals surface area (Å²) in [4.78, 5) is -0.512. The summed E-state index contributed by atoms with van der Waals surface area (Å²) in [7, 11) is -4.10. The van der Waals surface area contributed by atoms with Crippen LogP contribution in [0.1, 0.15) is 5.56 Å². The normalized spacial score (nSPS) is 11.6. The summed E-state index contributed by atoms with van der Waals surface area (Å²) in [6, 6.07) is 10.6. The van der Waals surface area contributed by atoms with Crippen molar-refractivity contribution in [3.8, 4) is 5.75 Å². The van der Waals surface area contributed by atoms with Gasteiger partial charge in [0, 0.05) is 12.1 Å². The minimum absolute atomic E-state index is 0.145. The summed E-state index contributed by atoms with van der Waals surface area (Å²) < 4.78 is 68.6. The number of benzene rings is 2. The molecule has 0 bridgehead atoms. The molecule has 0 aromatic heterocycles. The van der Waals surface area contributed by atoms with Crippen molar-refractivity contribution in [2.75, 3.05) is 0 Å². The number of rotatable bonds is 6. The second kappa shape index (κ2) is 6.80. The Kier molecular flexibility index (Phi) is 5.04. The summed E-state index contributed by atoms with van der Waals surface area (Å²) in [5, 5.41) is 0. The Bertz CT molecular complexity index is 751. The quantitative estimate of drug-likeness (QED) is 0.885. The summed E-state index contributed by atoms with van der Waals surface area (Å²) >= 11 is 0. The van der Waals surface area contributed by atoms with Crippen molar-refractivity contribution in [2.45, 2.75) is 18.1 Å². The zero-order chi connectivity index (χ0) is 16.2. The van der Waals surface area contributed by atoms with E-state index in [4.69, 9.17) is 0 Å². The average molecular weight is 331 g/mol. The van der Waals surface area contributed by atoms with Crippen LogP contribution in [-0.4, -0.2) is 15.0 Å². The summed E-state index contributed by atoms with van der Waals surface area (Å²) in [5.41, 5.74) is 0.211. The first kappa shape index (κ1) is 16.3. The maximum atomic E-state index is 13.5. The first-order valence-corrected chi connectivity index (χ1v) is 7.65. The van der Waals surface area contributed by atoms with Gasteiger partial charge in [-0.05, 0) is 18.2 Å². The van der Waals surface area contributed by atoms with Crippen LogP contribution in [0.25, 0.3) is 0 Å². The smallest absolute Gasteiger partial charge is 0.387 e. The van der Waals surface area contributed by atoms with Gasteiger partial charge >= 0.3 is 6.61 Å². The minimum atomic E-state index is -4.10. The molecule has 0 saturated carbocycles. The fraction of sp³-hybridized carbons (Fsp3) is 0.143. The van der Waals surface area contributed by atoms with Crippen molar-refractivity contribution in [3.05, 3.63) is 59.9 Å². The van der Waals surface area contributed by atoms with Gasteiger partial charge in [0.15, 0.2) is 0 Å². The molecular formula is C14H12F3NO3S. The van der Waals surface area contributed by atoms with E-state index in [-0.39, 0.29) is 17.9 Å². The number of halogens is 3. The van der Waals surface area contributed by atoms with E-state index >= 15 is 0 Å². The first-order valence-electron chi connectivity index (χ1n) is 6.17. The predicted octanol–water partition coefficient (Wildman–Crippen LogP) is 2.91. The molecule has 0 radical (unpaired) electrons. The Morgan fingerprint density at radius 1 is 1.05 bits per heavy atom. The lowest BCUT2D eigenvalue weighted by molar-refractivity contribution is -0.0504. The molecule has 8 heteroatoms. The van der Waals surface area contributed by atoms with E-state index in [1.54, 1.807) is 6.07 Å². The van der Waals surface area contributed by atoms with E-state index in [1.165, 1.54) is 30.3 Å². The summed E-state index contributed by atoms with van der Waals surface area (Å²) in [5.74, 6) is -1.04. The Morgan fingerprint density at radius 3 is 2.36 bits per heavy atom. The molecule has 0 heterocycles. The lowest BCUT2D eigenvalue weighted by Crippen LogP contribution is -2.24. The topological polar surface area (TPSA) is 55.4 Å². The van der Waals surface area contributed by atoms with Gasteiger partial charge in [0.1, 0.15) is 16.5 Å². The van der Waals surface area contributed by atoms with Crippen molar-refractivity contribution in [1.29, 1.82) is 0 Å². The highest BCUT2D eigenvalue weighted by atomic mass is 32.2. The predicted molar refractivity (Wildman–Crippen MR) is 73.5 cm³/mol. The summed E-state index contributed by atoms with van der Waals surface area (Å²) in [6.07, 6.45) is 0. The van der Waals surface area contributed by atoms with Crippen molar-refractivity contribution in [3.63, 3.8) is 0 Å². The fourth-order valence-electron chi connectivity index (χ4n) is 1.77. The Balaban J connectivity index is 2.18. The number of sulfonamides is 1. The van der Waals surface area contributed by atoms with Gasteiger partial charge in [-0.15, -0.1) is 0 Å². The van der Waals surface area contributed by atoms with E-state index in [0.29, 0.717) is 0 Å². The molecule has 2 aromatic carbocycles. The van der Waals surface area contributed by atoms with Gasteiger partial charge in [0.2, 0.25) is 10.0 Å². The maximum Gasteiger partial charge on any atom is 0.387 e. The van der Waals surface area contributed by atoms with E-state index in [1.807, 2.05) is 0 Å². The van der Waals surface area contributed by atoms with Gasteiger partial charge in [0.25, 0.3) is 0 Å². The van der Waals surface area contributed by atoms with Crippen molar-refractivity contribution in [2.24, 2.45) is 0 Å². The van der Waals surface area contributed by atoms with Gasteiger partial charge in [-0.1, -0.05) is 30.3 Å². The minimum Gasteiger partial charge on any atom is -0.434 e. The Hall–Kier alpha value is -2.06. The van der Waals surface area contributed by atoms with Gasteiger partial charge in [-0.2, -0.15) is 8.78 Å². The average Bonchev–Trinajstić information content (AvgIpc) is 2.46. The summed E-state index contributed by atoms with van der Waals surface area (Å²) in [6.45, 7) is -3.33. The zero-order valence-corrected chi connectivity index (χ0v) is 12.0. The third kappa shape index (κ3) is 3.99. The molecule has 0 aliphatic heterocycles. The largest absolute Gasteiger partial charge is 0.434 e.